The molecule has 0 spiro atoms. The second kappa shape index (κ2) is 7.44. The fourth-order valence-corrected chi connectivity index (χ4v) is 2.83. The molecule has 0 bridgehead atoms. The van der Waals surface area contributed by atoms with Gasteiger partial charge in [0.15, 0.2) is 0 Å². The van der Waals surface area contributed by atoms with Crippen LogP contribution in [0.15, 0.2) is 51.7 Å². The topological polar surface area (TPSA) is 65.7 Å². The van der Waals surface area contributed by atoms with E-state index in [9.17, 15) is 9.59 Å². The minimum absolute atomic E-state index is 0.142. The molecule has 3 rings (SSSR count). The largest absolute Gasteiger partial charge is 0.497 e. The molecule has 0 aliphatic rings. The third-order valence-electron chi connectivity index (χ3n) is 4.24. The number of carbonyl (C=O) groups excluding carboxylic acids is 1. The van der Waals surface area contributed by atoms with E-state index in [1.54, 1.807) is 25.3 Å². The number of hydrogen-bond acceptors (Lipinski definition) is 5. The first-order valence-corrected chi connectivity index (χ1v) is 8.41. The Kier molecular flexibility index (Phi) is 5.07. The van der Waals surface area contributed by atoms with Crippen molar-refractivity contribution in [3.63, 3.8) is 0 Å². The smallest absolute Gasteiger partial charge is 0.336 e. The maximum atomic E-state index is 12.3. The van der Waals surface area contributed by atoms with Gasteiger partial charge >= 0.3 is 11.6 Å². The van der Waals surface area contributed by atoms with E-state index in [1.165, 1.54) is 6.07 Å². The number of esters is 1. The van der Waals surface area contributed by atoms with E-state index in [2.05, 4.69) is 0 Å². The van der Waals surface area contributed by atoms with Gasteiger partial charge in [0.1, 0.15) is 17.1 Å². The highest BCUT2D eigenvalue weighted by Gasteiger charge is 2.13. The Morgan fingerprint density at radius 1 is 1.12 bits per heavy atom. The number of carbonyl (C=O) groups is 1. The minimum Gasteiger partial charge on any atom is -0.497 e. The van der Waals surface area contributed by atoms with Gasteiger partial charge in [-0.15, -0.1) is 0 Å². The summed E-state index contributed by atoms with van der Waals surface area (Å²) in [6.45, 7) is 3.84. The zero-order chi connectivity index (χ0) is 18.7. The Morgan fingerprint density at radius 3 is 2.50 bits per heavy atom. The van der Waals surface area contributed by atoms with Gasteiger partial charge < -0.3 is 13.9 Å². The molecule has 0 aliphatic carbocycles. The number of methoxy groups -OCH3 is 1. The molecule has 0 saturated heterocycles. The summed E-state index contributed by atoms with van der Waals surface area (Å²) in [5, 5.41) is 0.844. The lowest BCUT2D eigenvalue weighted by Crippen LogP contribution is -2.12. The molecule has 0 radical (unpaired) electrons. The van der Waals surface area contributed by atoms with Gasteiger partial charge in [-0.2, -0.15) is 0 Å². The van der Waals surface area contributed by atoms with Gasteiger partial charge in [0.2, 0.25) is 0 Å². The monoisotopic (exact) mass is 352 g/mol. The van der Waals surface area contributed by atoms with Crippen LogP contribution in [-0.2, 0) is 17.6 Å². The Balaban J connectivity index is 1.86. The van der Waals surface area contributed by atoms with Gasteiger partial charge in [0.05, 0.1) is 13.5 Å². The number of benzene rings is 2. The summed E-state index contributed by atoms with van der Waals surface area (Å²) in [6.07, 6.45) is 0.836. The Morgan fingerprint density at radius 2 is 1.85 bits per heavy atom. The molecule has 26 heavy (non-hydrogen) atoms. The molecule has 0 atom stereocenters. The van der Waals surface area contributed by atoms with Crippen LogP contribution in [0.4, 0.5) is 0 Å². The third-order valence-corrected chi connectivity index (χ3v) is 4.24. The number of ether oxygens (including phenoxy) is 2. The van der Waals surface area contributed by atoms with Crippen LogP contribution in [0.25, 0.3) is 11.0 Å². The predicted octanol–water partition coefficient (Wildman–Crippen LogP) is 3.82. The van der Waals surface area contributed by atoms with Crippen molar-refractivity contribution in [2.24, 2.45) is 0 Å². The first kappa shape index (κ1) is 17.7. The maximum absolute atomic E-state index is 12.3. The van der Waals surface area contributed by atoms with E-state index in [0.29, 0.717) is 17.8 Å². The fourth-order valence-electron chi connectivity index (χ4n) is 2.83. The van der Waals surface area contributed by atoms with Crippen LogP contribution in [0.2, 0.25) is 0 Å². The highest BCUT2D eigenvalue weighted by molar-refractivity contribution is 5.84. The highest BCUT2D eigenvalue weighted by Crippen LogP contribution is 2.28. The first-order chi connectivity index (χ1) is 12.5. The quantitative estimate of drug-likeness (QED) is 0.397. The van der Waals surface area contributed by atoms with Crippen molar-refractivity contribution >= 4 is 16.9 Å². The second-order valence-corrected chi connectivity index (χ2v) is 6.06. The van der Waals surface area contributed by atoms with Gasteiger partial charge in [0.25, 0.3) is 0 Å². The van der Waals surface area contributed by atoms with Crippen LogP contribution in [0.3, 0.4) is 0 Å². The lowest BCUT2D eigenvalue weighted by atomic mass is 10.1. The molecule has 5 nitrogen and oxygen atoms in total. The molecule has 0 unspecified atom stereocenters. The summed E-state index contributed by atoms with van der Waals surface area (Å²) < 4.78 is 15.9. The van der Waals surface area contributed by atoms with E-state index in [-0.39, 0.29) is 12.4 Å². The van der Waals surface area contributed by atoms with Crippen LogP contribution >= 0.6 is 0 Å². The van der Waals surface area contributed by atoms with Crippen molar-refractivity contribution in [2.75, 3.05) is 7.11 Å². The zero-order valence-electron chi connectivity index (χ0n) is 15.0. The lowest BCUT2D eigenvalue weighted by molar-refractivity contribution is -0.133. The molecule has 2 aromatic carbocycles. The first-order valence-electron chi connectivity index (χ1n) is 8.41. The molecule has 0 N–H and O–H groups in total. The molecule has 1 heterocycles. The number of aryl methyl sites for hydroxylation is 2. The highest BCUT2D eigenvalue weighted by atomic mass is 16.5. The molecular weight excluding hydrogens is 332 g/mol. The van der Waals surface area contributed by atoms with Crippen molar-refractivity contribution in [2.45, 2.75) is 26.7 Å². The minimum atomic E-state index is -0.422. The van der Waals surface area contributed by atoms with Gasteiger partial charge in [-0.3, -0.25) is 4.79 Å². The number of fused-ring (bicyclic) bond motifs is 1. The average Bonchev–Trinajstić information content (AvgIpc) is 2.61. The zero-order valence-corrected chi connectivity index (χ0v) is 15.0. The molecule has 0 amide bonds. The molecule has 0 aliphatic heterocycles. The predicted molar refractivity (Wildman–Crippen MR) is 98.9 cm³/mol. The fraction of sp³-hybridized carbons (Fsp3) is 0.238. The van der Waals surface area contributed by atoms with E-state index in [1.807, 2.05) is 32.0 Å². The molecule has 1 aromatic heterocycles. The van der Waals surface area contributed by atoms with E-state index >= 15 is 0 Å². The molecular formula is C21H20O5. The molecule has 0 saturated carbocycles. The van der Waals surface area contributed by atoms with Crippen molar-refractivity contribution in [1.82, 2.24) is 0 Å². The molecule has 5 heteroatoms. The summed E-state index contributed by atoms with van der Waals surface area (Å²) in [6, 6.07) is 12.2. The van der Waals surface area contributed by atoms with Crippen LogP contribution in [0.1, 0.15) is 23.6 Å². The van der Waals surface area contributed by atoms with Gasteiger partial charge in [0, 0.05) is 17.5 Å². The molecule has 3 aromatic rings. The number of hydrogen-bond donors (Lipinski definition) is 0. The van der Waals surface area contributed by atoms with Crippen LogP contribution in [0.5, 0.6) is 11.5 Å². The number of rotatable bonds is 5. The van der Waals surface area contributed by atoms with E-state index in [4.69, 9.17) is 13.9 Å². The second-order valence-electron chi connectivity index (χ2n) is 6.06. The van der Waals surface area contributed by atoms with Crippen molar-refractivity contribution < 1.29 is 18.7 Å². The summed E-state index contributed by atoms with van der Waals surface area (Å²) >= 11 is 0. The Bertz CT molecular complexity index is 999. The summed E-state index contributed by atoms with van der Waals surface area (Å²) in [4.78, 5) is 23.9. The van der Waals surface area contributed by atoms with Crippen molar-refractivity contribution in [1.29, 1.82) is 0 Å². The SMILES string of the molecule is CCc1cc2c(C)cc(=O)oc2cc1OC(=O)Cc1ccc(OC)cc1. The molecule has 134 valence electrons. The van der Waals surface area contributed by atoms with Crippen molar-refractivity contribution in [3.05, 3.63) is 69.6 Å². The molecule has 0 fully saturated rings. The Labute approximate surface area is 151 Å². The van der Waals surface area contributed by atoms with Gasteiger partial charge in [-0.25, -0.2) is 4.79 Å². The van der Waals surface area contributed by atoms with Gasteiger partial charge in [-0.05, 0) is 48.2 Å². The third kappa shape index (κ3) is 3.77. The van der Waals surface area contributed by atoms with Crippen molar-refractivity contribution in [3.8, 4) is 11.5 Å². The van der Waals surface area contributed by atoms with Crippen LogP contribution in [-0.4, -0.2) is 13.1 Å². The van der Waals surface area contributed by atoms with Crippen LogP contribution < -0.4 is 15.1 Å². The lowest BCUT2D eigenvalue weighted by Gasteiger charge is -2.11. The maximum Gasteiger partial charge on any atom is 0.336 e. The standard InChI is InChI=1S/C21H20O5/c1-4-15-11-17-13(2)9-20(22)26-19(17)12-18(15)25-21(23)10-14-5-7-16(24-3)8-6-14/h5-9,11-12H,4,10H2,1-3H3. The Hall–Kier alpha value is -3.08. The average molecular weight is 352 g/mol. The normalized spacial score (nSPS) is 10.7. The summed E-state index contributed by atoms with van der Waals surface area (Å²) in [5.74, 6) is 0.779. The summed E-state index contributed by atoms with van der Waals surface area (Å²) in [7, 11) is 1.59. The van der Waals surface area contributed by atoms with Crippen LogP contribution in [0, 0.1) is 6.92 Å². The van der Waals surface area contributed by atoms with Gasteiger partial charge in [-0.1, -0.05) is 19.1 Å². The van der Waals surface area contributed by atoms with E-state index in [0.717, 1.165) is 27.8 Å². The summed E-state index contributed by atoms with van der Waals surface area (Å²) in [5.41, 5.74) is 2.55. The van der Waals surface area contributed by atoms with E-state index < -0.39 is 5.63 Å².